The molecule has 2 heterocycles. The monoisotopic (exact) mass is 338 g/mol. The number of H-pyrrole nitrogens is 1. The summed E-state index contributed by atoms with van der Waals surface area (Å²) in [5.41, 5.74) is 2.13. The van der Waals surface area contributed by atoms with Gasteiger partial charge >= 0.3 is 0 Å². The van der Waals surface area contributed by atoms with Crippen molar-refractivity contribution in [2.75, 3.05) is 0 Å². The van der Waals surface area contributed by atoms with Gasteiger partial charge in [-0.05, 0) is 38.1 Å². The normalized spacial score (nSPS) is 11.9. The molecule has 7 nitrogen and oxygen atoms in total. The van der Waals surface area contributed by atoms with Crippen LogP contribution in [0.3, 0.4) is 0 Å². The molecule has 128 valence electrons. The predicted molar refractivity (Wildman–Crippen MR) is 92.2 cm³/mol. The highest BCUT2D eigenvalue weighted by atomic mass is 16.3. The molecule has 0 unspecified atom stereocenters. The quantitative estimate of drug-likeness (QED) is 0.584. The Morgan fingerprint density at radius 3 is 2.64 bits per heavy atom. The SMILES string of the molecule is Cc1c(O)ccc(C(=O)N[C@@H](C)c2ncc(-c3ccncc3)[nH]2)c1O. The first kappa shape index (κ1) is 16.5. The molecule has 3 aromatic rings. The number of nitrogens with zero attached hydrogens (tertiary/aromatic N) is 2. The zero-order valence-corrected chi connectivity index (χ0v) is 13.8. The number of nitrogens with one attached hydrogen (secondary N) is 2. The zero-order chi connectivity index (χ0) is 18.0. The summed E-state index contributed by atoms with van der Waals surface area (Å²) in [6.07, 6.45) is 5.07. The zero-order valence-electron chi connectivity index (χ0n) is 13.8. The van der Waals surface area contributed by atoms with E-state index in [2.05, 4.69) is 20.3 Å². The van der Waals surface area contributed by atoms with Crippen LogP contribution in [0.5, 0.6) is 11.5 Å². The standard InChI is InChI=1S/C18H18N4O3/c1-10-15(23)4-3-13(16(10)24)18(25)21-11(2)17-20-9-14(22-17)12-5-7-19-8-6-12/h3-9,11,23-24H,1-2H3,(H,20,22)(H,21,25)/t11-/m0/s1. The predicted octanol–water partition coefficient (Wildman–Crippen LogP) is 2.68. The number of rotatable bonds is 4. The van der Waals surface area contributed by atoms with E-state index >= 15 is 0 Å². The molecule has 0 saturated carbocycles. The van der Waals surface area contributed by atoms with Crippen molar-refractivity contribution < 1.29 is 15.0 Å². The molecule has 0 spiro atoms. The van der Waals surface area contributed by atoms with E-state index in [9.17, 15) is 15.0 Å². The fourth-order valence-electron chi connectivity index (χ4n) is 2.45. The Balaban J connectivity index is 1.77. The minimum absolute atomic E-state index is 0.0601. The second-order valence-corrected chi connectivity index (χ2v) is 5.72. The third kappa shape index (κ3) is 3.30. The van der Waals surface area contributed by atoms with Gasteiger partial charge < -0.3 is 20.5 Å². The first-order chi connectivity index (χ1) is 12.0. The average Bonchev–Trinajstić information content (AvgIpc) is 3.10. The average molecular weight is 338 g/mol. The second-order valence-electron chi connectivity index (χ2n) is 5.72. The summed E-state index contributed by atoms with van der Waals surface area (Å²) in [7, 11) is 0. The van der Waals surface area contributed by atoms with Gasteiger partial charge in [0.25, 0.3) is 5.91 Å². The van der Waals surface area contributed by atoms with E-state index in [0.29, 0.717) is 5.82 Å². The number of carbonyl (C=O) groups is 1. The molecule has 4 N–H and O–H groups in total. The van der Waals surface area contributed by atoms with Crippen molar-refractivity contribution in [2.24, 2.45) is 0 Å². The van der Waals surface area contributed by atoms with Gasteiger partial charge in [-0.2, -0.15) is 0 Å². The minimum Gasteiger partial charge on any atom is -0.508 e. The van der Waals surface area contributed by atoms with Crippen molar-refractivity contribution in [1.82, 2.24) is 20.3 Å². The van der Waals surface area contributed by atoms with E-state index in [1.54, 1.807) is 32.4 Å². The number of amides is 1. The molecule has 7 heteroatoms. The van der Waals surface area contributed by atoms with Gasteiger partial charge in [-0.3, -0.25) is 9.78 Å². The van der Waals surface area contributed by atoms with Crippen LogP contribution in [0, 0.1) is 6.92 Å². The van der Waals surface area contributed by atoms with Crippen molar-refractivity contribution in [1.29, 1.82) is 0 Å². The van der Waals surface area contributed by atoms with Gasteiger partial charge in [-0.25, -0.2) is 4.98 Å². The Hall–Kier alpha value is -3.35. The fourth-order valence-corrected chi connectivity index (χ4v) is 2.45. The van der Waals surface area contributed by atoms with Crippen molar-refractivity contribution >= 4 is 5.91 Å². The van der Waals surface area contributed by atoms with Gasteiger partial charge in [0.2, 0.25) is 0 Å². The highest BCUT2D eigenvalue weighted by Gasteiger charge is 2.19. The number of benzene rings is 1. The number of hydrogen-bond acceptors (Lipinski definition) is 5. The first-order valence-corrected chi connectivity index (χ1v) is 7.75. The fraction of sp³-hybridized carbons (Fsp3) is 0.167. The molecule has 25 heavy (non-hydrogen) atoms. The molecule has 1 amide bonds. The van der Waals surface area contributed by atoms with E-state index in [0.717, 1.165) is 11.3 Å². The van der Waals surface area contributed by atoms with Gasteiger partial charge in [0, 0.05) is 23.5 Å². The van der Waals surface area contributed by atoms with Crippen molar-refractivity contribution in [3.05, 3.63) is 59.8 Å². The molecule has 1 atom stereocenters. The molecule has 0 aliphatic carbocycles. The summed E-state index contributed by atoms with van der Waals surface area (Å²) >= 11 is 0. The second kappa shape index (κ2) is 6.64. The van der Waals surface area contributed by atoms with Crippen LogP contribution in [0.25, 0.3) is 11.3 Å². The maximum absolute atomic E-state index is 12.4. The first-order valence-electron chi connectivity index (χ1n) is 7.75. The number of pyridine rings is 1. The van der Waals surface area contributed by atoms with Crippen molar-refractivity contribution in [3.8, 4) is 22.8 Å². The lowest BCUT2D eigenvalue weighted by molar-refractivity contribution is 0.0935. The highest BCUT2D eigenvalue weighted by molar-refractivity contribution is 5.97. The van der Waals surface area contributed by atoms with Crippen LogP contribution < -0.4 is 5.32 Å². The molecule has 3 rings (SSSR count). The number of carbonyl (C=O) groups excluding carboxylic acids is 1. The largest absolute Gasteiger partial charge is 0.508 e. The number of aromatic amines is 1. The number of phenolic OH excluding ortho intramolecular Hbond substituents is 2. The summed E-state index contributed by atoms with van der Waals surface area (Å²) in [5.74, 6) is -0.151. The van der Waals surface area contributed by atoms with Crippen LogP contribution in [0.4, 0.5) is 0 Å². The summed E-state index contributed by atoms with van der Waals surface area (Å²) in [6, 6.07) is 6.08. The van der Waals surface area contributed by atoms with Crippen molar-refractivity contribution in [2.45, 2.75) is 19.9 Å². The van der Waals surface area contributed by atoms with Crippen LogP contribution in [0.2, 0.25) is 0 Å². The highest BCUT2D eigenvalue weighted by Crippen LogP contribution is 2.29. The third-order valence-corrected chi connectivity index (χ3v) is 3.99. The smallest absolute Gasteiger partial charge is 0.255 e. The van der Waals surface area contributed by atoms with Crippen LogP contribution >= 0.6 is 0 Å². The Morgan fingerprint density at radius 1 is 1.20 bits per heavy atom. The van der Waals surface area contributed by atoms with Gasteiger partial charge in [0.1, 0.15) is 17.3 Å². The lowest BCUT2D eigenvalue weighted by atomic mass is 10.1. The van der Waals surface area contributed by atoms with E-state index in [-0.39, 0.29) is 22.6 Å². The summed E-state index contributed by atoms with van der Waals surface area (Å²) in [4.78, 5) is 23.8. The molecule has 1 aromatic carbocycles. The molecule has 0 radical (unpaired) electrons. The number of hydrogen-bond donors (Lipinski definition) is 4. The van der Waals surface area contributed by atoms with Gasteiger partial charge in [-0.1, -0.05) is 0 Å². The molecular formula is C18H18N4O3. The maximum Gasteiger partial charge on any atom is 0.255 e. The van der Waals surface area contributed by atoms with E-state index in [1.807, 2.05) is 12.1 Å². The van der Waals surface area contributed by atoms with E-state index in [4.69, 9.17) is 0 Å². The van der Waals surface area contributed by atoms with E-state index in [1.165, 1.54) is 12.1 Å². The lowest BCUT2D eigenvalue weighted by Crippen LogP contribution is -2.27. The van der Waals surface area contributed by atoms with Gasteiger partial charge in [-0.15, -0.1) is 0 Å². The molecule has 0 saturated heterocycles. The molecule has 0 aliphatic rings. The Kier molecular flexibility index (Phi) is 4.38. The number of imidazole rings is 1. The molecule has 0 aliphatic heterocycles. The summed E-state index contributed by atoms with van der Waals surface area (Å²) in [6.45, 7) is 3.33. The molecule has 0 bridgehead atoms. The van der Waals surface area contributed by atoms with Crippen molar-refractivity contribution in [3.63, 3.8) is 0 Å². The van der Waals surface area contributed by atoms with E-state index < -0.39 is 11.9 Å². The van der Waals surface area contributed by atoms with Crippen LogP contribution in [-0.2, 0) is 0 Å². The molecule has 2 aromatic heterocycles. The Labute approximate surface area is 144 Å². The Bertz CT molecular complexity index is 906. The Morgan fingerprint density at radius 2 is 1.92 bits per heavy atom. The lowest BCUT2D eigenvalue weighted by Gasteiger charge is -2.13. The number of phenols is 2. The topological polar surface area (TPSA) is 111 Å². The van der Waals surface area contributed by atoms with Crippen LogP contribution in [0.15, 0.2) is 42.9 Å². The summed E-state index contributed by atoms with van der Waals surface area (Å²) in [5, 5.41) is 22.4. The van der Waals surface area contributed by atoms with Crippen LogP contribution in [-0.4, -0.2) is 31.1 Å². The molecular weight excluding hydrogens is 320 g/mol. The minimum atomic E-state index is -0.449. The van der Waals surface area contributed by atoms with Crippen LogP contribution in [0.1, 0.15) is 34.7 Å². The van der Waals surface area contributed by atoms with Gasteiger partial charge in [0.05, 0.1) is 23.5 Å². The maximum atomic E-state index is 12.4. The number of aromatic nitrogens is 3. The number of aromatic hydroxyl groups is 2. The third-order valence-electron chi connectivity index (χ3n) is 3.99. The van der Waals surface area contributed by atoms with Gasteiger partial charge in [0.15, 0.2) is 0 Å². The molecule has 0 fully saturated rings. The summed E-state index contributed by atoms with van der Waals surface area (Å²) < 4.78 is 0.